The van der Waals surface area contributed by atoms with Gasteiger partial charge in [0.15, 0.2) is 0 Å². The first-order chi connectivity index (χ1) is 9.25. The van der Waals surface area contributed by atoms with Crippen LogP contribution < -0.4 is 10.6 Å². The molecular weight excluding hydrogens is 242 g/mol. The third kappa shape index (κ3) is 4.61. The van der Waals surface area contributed by atoms with Crippen molar-refractivity contribution in [3.8, 4) is 0 Å². The smallest absolute Gasteiger partial charge is 0.246 e. The van der Waals surface area contributed by atoms with Gasteiger partial charge < -0.3 is 15.4 Å². The molecule has 1 fully saturated rings. The van der Waals surface area contributed by atoms with Gasteiger partial charge in [0.1, 0.15) is 6.61 Å². The van der Waals surface area contributed by atoms with Crippen molar-refractivity contribution in [2.45, 2.75) is 31.9 Å². The molecule has 19 heavy (non-hydrogen) atoms. The lowest BCUT2D eigenvalue weighted by Gasteiger charge is -2.23. The molecule has 0 unspecified atom stereocenters. The average Bonchev–Trinajstić information content (AvgIpc) is 2.47. The third-order valence-corrected chi connectivity index (χ3v) is 3.32. The number of hydrogen-bond donors (Lipinski definition) is 2. The van der Waals surface area contributed by atoms with Crippen LogP contribution in [0.1, 0.15) is 31.4 Å². The monoisotopic (exact) mass is 263 g/mol. The Balaban J connectivity index is 1.71. The van der Waals surface area contributed by atoms with Gasteiger partial charge in [-0.25, -0.2) is 0 Å². The van der Waals surface area contributed by atoms with Gasteiger partial charge in [-0.2, -0.15) is 0 Å². The molecule has 104 valence electrons. The lowest BCUT2D eigenvalue weighted by molar-refractivity contribution is -0.128. The minimum Gasteiger partial charge on any atom is -0.368 e. The van der Waals surface area contributed by atoms with E-state index in [1.165, 1.54) is 0 Å². The number of aromatic nitrogens is 1. The van der Waals surface area contributed by atoms with Crippen LogP contribution in [0.4, 0.5) is 0 Å². The number of amides is 1. The van der Waals surface area contributed by atoms with Crippen LogP contribution in [0.25, 0.3) is 0 Å². The molecule has 2 heterocycles. The standard InChI is InChI=1S/C14H21N3O2/c1-11(12-2-6-15-7-3-12)17-14(18)10-19-13-4-8-16-9-5-13/h2-3,6-7,11,13,16H,4-5,8-10H2,1H3,(H,17,18)/t11-/m1/s1. The molecule has 1 aliphatic rings. The average molecular weight is 263 g/mol. The number of nitrogens with zero attached hydrogens (tertiary/aromatic N) is 1. The first-order valence-electron chi connectivity index (χ1n) is 6.77. The summed E-state index contributed by atoms with van der Waals surface area (Å²) in [5.74, 6) is -0.0668. The zero-order valence-electron chi connectivity index (χ0n) is 11.3. The summed E-state index contributed by atoms with van der Waals surface area (Å²) in [5, 5.41) is 6.20. The highest BCUT2D eigenvalue weighted by atomic mass is 16.5. The number of carbonyl (C=O) groups excluding carboxylic acids is 1. The van der Waals surface area contributed by atoms with E-state index in [1.54, 1.807) is 12.4 Å². The zero-order valence-corrected chi connectivity index (χ0v) is 11.3. The van der Waals surface area contributed by atoms with Crippen molar-refractivity contribution in [3.05, 3.63) is 30.1 Å². The van der Waals surface area contributed by atoms with E-state index in [2.05, 4.69) is 15.6 Å². The number of carbonyl (C=O) groups is 1. The fourth-order valence-electron chi connectivity index (χ4n) is 2.17. The number of piperidine rings is 1. The van der Waals surface area contributed by atoms with Crippen molar-refractivity contribution < 1.29 is 9.53 Å². The Labute approximate surface area is 113 Å². The van der Waals surface area contributed by atoms with Gasteiger partial charge in [0.05, 0.1) is 12.1 Å². The maximum atomic E-state index is 11.8. The maximum Gasteiger partial charge on any atom is 0.246 e. The Morgan fingerprint density at radius 1 is 1.47 bits per heavy atom. The fourth-order valence-corrected chi connectivity index (χ4v) is 2.17. The molecular formula is C14H21N3O2. The van der Waals surface area contributed by atoms with E-state index in [4.69, 9.17) is 4.74 Å². The molecule has 1 atom stereocenters. The van der Waals surface area contributed by atoms with Crippen LogP contribution >= 0.6 is 0 Å². The minimum atomic E-state index is -0.0668. The van der Waals surface area contributed by atoms with Gasteiger partial charge in [-0.05, 0) is 50.6 Å². The summed E-state index contributed by atoms with van der Waals surface area (Å²) >= 11 is 0. The summed E-state index contributed by atoms with van der Waals surface area (Å²) in [4.78, 5) is 15.8. The Morgan fingerprint density at radius 3 is 2.84 bits per heavy atom. The normalized spacial score (nSPS) is 17.9. The van der Waals surface area contributed by atoms with Crippen LogP contribution in [-0.2, 0) is 9.53 Å². The summed E-state index contributed by atoms with van der Waals surface area (Å²) in [6.07, 6.45) is 5.62. The van der Waals surface area contributed by atoms with Crippen molar-refractivity contribution in [3.63, 3.8) is 0 Å². The molecule has 2 rings (SSSR count). The molecule has 0 bridgehead atoms. The van der Waals surface area contributed by atoms with Crippen LogP contribution in [0.3, 0.4) is 0 Å². The molecule has 0 aromatic carbocycles. The Hall–Kier alpha value is -1.46. The topological polar surface area (TPSA) is 63.2 Å². The van der Waals surface area contributed by atoms with Crippen molar-refractivity contribution in [2.75, 3.05) is 19.7 Å². The van der Waals surface area contributed by atoms with Gasteiger partial charge in [0, 0.05) is 12.4 Å². The molecule has 1 aromatic heterocycles. The SMILES string of the molecule is C[C@@H](NC(=O)COC1CCNCC1)c1ccncc1. The third-order valence-electron chi connectivity index (χ3n) is 3.32. The minimum absolute atomic E-state index is 0.0212. The fraction of sp³-hybridized carbons (Fsp3) is 0.571. The second-order valence-electron chi connectivity index (χ2n) is 4.83. The summed E-state index contributed by atoms with van der Waals surface area (Å²) in [6.45, 7) is 4.04. The highest BCUT2D eigenvalue weighted by molar-refractivity contribution is 5.77. The molecule has 0 saturated carbocycles. The number of nitrogens with one attached hydrogen (secondary N) is 2. The summed E-state index contributed by atoms with van der Waals surface area (Å²) < 4.78 is 5.62. The van der Waals surface area contributed by atoms with Crippen molar-refractivity contribution in [1.82, 2.24) is 15.6 Å². The molecule has 1 saturated heterocycles. The van der Waals surface area contributed by atoms with Gasteiger partial charge in [-0.1, -0.05) is 0 Å². The zero-order chi connectivity index (χ0) is 13.5. The molecule has 0 spiro atoms. The Morgan fingerprint density at radius 2 is 2.16 bits per heavy atom. The van der Waals surface area contributed by atoms with E-state index >= 15 is 0 Å². The largest absolute Gasteiger partial charge is 0.368 e. The van der Waals surface area contributed by atoms with Crippen molar-refractivity contribution in [1.29, 1.82) is 0 Å². The van der Waals surface area contributed by atoms with Crippen LogP contribution in [0.5, 0.6) is 0 Å². The van der Waals surface area contributed by atoms with E-state index in [0.717, 1.165) is 31.5 Å². The van der Waals surface area contributed by atoms with Crippen molar-refractivity contribution >= 4 is 5.91 Å². The van der Waals surface area contributed by atoms with Gasteiger partial charge >= 0.3 is 0 Å². The van der Waals surface area contributed by atoms with Gasteiger partial charge in [-0.15, -0.1) is 0 Å². The van der Waals surface area contributed by atoms with E-state index in [-0.39, 0.29) is 24.7 Å². The van der Waals surface area contributed by atoms with Crippen LogP contribution in [0, 0.1) is 0 Å². The molecule has 1 aliphatic heterocycles. The molecule has 1 amide bonds. The van der Waals surface area contributed by atoms with Gasteiger partial charge in [0.2, 0.25) is 5.91 Å². The highest BCUT2D eigenvalue weighted by Gasteiger charge is 2.15. The first kappa shape index (κ1) is 14.0. The van der Waals surface area contributed by atoms with E-state index in [0.29, 0.717) is 0 Å². The van der Waals surface area contributed by atoms with Gasteiger partial charge in [-0.3, -0.25) is 9.78 Å². The molecule has 0 aliphatic carbocycles. The number of rotatable bonds is 5. The molecule has 0 radical (unpaired) electrons. The second kappa shape index (κ2) is 7.21. The highest BCUT2D eigenvalue weighted by Crippen LogP contribution is 2.10. The summed E-state index contributed by atoms with van der Waals surface area (Å²) in [5.41, 5.74) is 1.05. The quantitative estimate of drug-likeness (QED) is 0.833. The lowest BCUT2D eigenvalue weighted by Crippen LogP contribution is -2.36. The lowest BCUT2D eigenvalue weighted by atomic mass is 10.1. The number of hydrogen-bond acceptors (Lipinski definition) is 4. The Bertz CT molecular complexity index is 391. The van der Waals surface area contributed by atoms with E-state index in [9.17, 15) is 4.79 Å². The summed E-state index contributed by atoms with van der Waals surface area (Å²) in [7, 11) is 0. The molecule has 5 heteroatoms. The number of pyridine rings is 1. The van der Waals surface area contributed by atoms with Crippen LogP contribution in [-0.4, -0.2) is 36.7 Å². The van der Waals surface area contributed by atoms with E-state index < -0.39 is 0 Å². The Kier molecular flexibility index (Phi) is 5.30. The molecule has 1 aromatic rings. The summed E-state index contributed by atoms with van der Waals surface area (Å²) in [6, 6.07) is 3.78. The van der Waals surface area contributed by atoms with Crippen LogP contribution in [0.2, 0.25) is 0 Å². The second-order valence-corrected chi connectivity index (χ2v) is 4.83. The van der Waals surface area contributed by atoms with Gasteiger partial charge in [0.25, 0.3) is 0 Å². The maximum absolute atomic E-state index is 11.8. The van der Waals surface area contributed by atoms with Crippen molar-refractivity contribution in [2.24, 2.45) is 0 Å². The van der Waals surface area contributed by atoms with Crippen LogP contribution in [0.15, 0.2) is 24.5 Å². The molecule has 2 N–H and O–H groups in total. The predicted molar refractivity (Wildman–Crippen MR) is 72.6 cm³/mol. The first-order valence-corrected chi connectivity index (χ1v) is 6.77. The van der Waals surface area contributed by atoms with E-state index in [1.807, 2.05) is 19.1 Å². The predicted octanol–water partition coefficient (Wildman–Crippen LogP) is 1.03. The molecule has 5 nitrogen and oxygen atoms in total. The number of ether oxygens (including phenoxy) is 1.